The molecule has 0 aromatic heterocycles. The van der Waals surface area contributed by atoms with Gasteiger partial charge in [0.2, 0.25) is 18.3 Å². The van der Waals surface area contributed by atoms with Crippen molar-refractivity contribution in [2.24, 2.45) is 0 Å². The first kappa shape index (κ1) is 21.8. The fourth-order valence-electron chi connectivity index (χ4n) is 1.99. The zero-order valence-corrected chi connectivity index (χ0v) is 15.7. The van der Waals surface area contributed by atoms with Gasteiger partial charge in [-0.05, 0) is 0 Å². The van der Waals surface area contributed by atoms with Crippen LogP contribution in [0.25, 0.3) is 0 Å². The normalized spacial score (nSPS) is 26.3. The minimum absolute atomic E-state index is 0.271. The summed E-state index contributed by atoms with van der Waals surface area (Å²) in [6, 6.07) is 0. The van der Waals surface area contributed by atoms with Crippen LogP contribution in [0.4, 0.5) is 0 Å². The molecular formula is C13H16Cl3NO8. The van der Waals surface area contributed by atoms with E-state index in [1.807, 2.05) is 0 Å². The molecule has 25 heavy (non-hydrogen) atoms. The number of halogens is 3. The van der Waals surface area contributed by atoms with E-state index in [1.165, 1.54) is 0 Å². The summed E-state index contributed by atoms with van der Waals surface area (Å²) in [6.07, 6.45) is -5.10. The molecule has 4 atom stereocenters. The molecule has 0 spiro atoms. The fraction of sp³-hybridized carbons (Fsp3) is 0.692. The quantitative estimate of drug-likeness (QED) is 0.239. The molecule has 1 N–H and O–H groups in total. The van der Waals surface area contributed by atoms with Crippen LogP contribution in [0.3, 0.4) is 0 Å². The lowest BCUT2D eigenvalue weighted by Crippen LogP contribution is -2.58. The highest BCUT2D eigenvalue weighted by molar-refractivity contribution is 6.76. The molecular weight excluding hydrogens is 405 g/mol. The molecule has 1 rings (SSSR count). The summed E-state index contributed by atoms with van der Waals surface area (Å²) in [7, 11) is 0. The minimum Gasteiger partial charge on any atom is -0.456 e. The van der Waals surface area contributed by atoms with Crippen molar-refractivity contribution in [2.45, 2.75) is 49.2 Å². The summed E-state index contributed by atoms with van der Waals surface area (Å²) in [5, 5.41) is 7.59. The van der Waals surface area contributed by atoms with Crippen LogP contribution in [0.2, 0.25) is 0 Å². The van der Waals surface area contributed by atoms with Gasteiger partial charge in [0.25, 0.3) is 3.79 Å². The minimum atomic E-state index is -2.19. The van der Waals surface area contributed by atoms with Gasteiger partial charge in [0.15, 0.2) is 12.2 Å². The molecule has 0 aromatic carbocycles. The molecule has 0 aliphatic carbocycles. The Bertz CT molecular complexity index is 550. The highest BCUT2D eigenvalue weighted by Crippen LogP contribution is 2.31. The Morgan fingerprint density at radius 3 is 1.84 bits per heavy atom. The Kier molecular flexibility index (Phi) is 7.73. The third-order valence-electron chi connectivity index (χ3n) is 2.80. The van der Waals surface area contributed by atoms with Crippen molar-refractivity contribution in [3.05, 3.63) is 0 Å². The van der Waals surface area contributed by atoms with Gasteiger partial charge in [-0.2, -0.15) is 0 Å². The van der Waals surface area contributed by atoms with Gasteiger partial charge in [0, 0.05) is 20.8 Å². The van der Waals surface area contributed by atoms with Crippen molar-refractivity contribution in [2.75, 3.05) is 6.61 Å². The SMILES string of the molecule is CC(=O)O[C@H]1[C@@H](OC(=N)C(Cl)(Cl)Cl)OC[C@H](OC(C)=O)[C@H]1OC(C)=O. The van der Waals surface area contributed by atoms with Gasteiger partial charge >= 0.3 is 17.9 Å². The van der Waals surface area contributed by atoms with E-state index >= 15 is 0 Å². The Balaban J connectivity index is 3.09. The summed E-state index contributed by atoms with van der Waals surface area (Å²) in [4.78, 5) is 34.0. The fourth-order valence-corrected chi connectivity index (χ4v) is 2.13. The van der Waals surface area contributed by atoms with Crippen molar-refractivity contribution >= 4 is 58.6 Å². The third-order valence-corrected chi connectivity index (χ3v) is 3.31. The van der Waals surface area contributed by atoms with E-state index in [9.17, 15) is 14.4 Å². The molecule has 9 nitrogen and oxygen atoms in total. The second-order valence-electron chi connectivity index (χ2n) is 4.94. The van der Waals surface area contributed by atoms with Crippen LogP contribution in [0.5, 0.6) is 0 Å². The lowest BCUT2D eigenvalue weighted by Gasteiger charge is -2.40. The lowest BCUT2D eigenvalue weighted by molar-refractivity contribution is -0.263. The van der Waals surface area contributed by atoms with E-state index < -0.39 is 52.2 Å². The topological polar surface area (TPSA) is 121 Å². The molecule has 0 radical (unpaired) electrons. The number of rotatable bonds is 4. The molecule has 1 fully saturated rings. The summed E-state index contributed by atoms with van der Waals surface area (Å²) in [5.41, 5.74) is 0. The van der Waals surface area contributed by atoms with Crippen LogP contribution < -0.4 is 0 Å². The van der Waals surface area contributed by atoms with Crippen molar-refractivity contribution in [1.29, 1.82) is 5.41 Å². The summed E-state index contributed by atoms with van der Waals surface area (Å²) >= 11 is 16.6. The van der Waals surface area contributed by atoms with Crippen molar-refractivity contribution in [3.8, 4) is 0 Å². The first-order valence-electron chi connectivity index (χ1n) is 6.87. The zero-order valence-electron chi connectivity index (χ0n) is 13.4. The number of hydrogen-bond acceptors (Lipinski definition) is 9. The number of esters is 3. The van der Waals surface area contributed by atoms with Crippen LogP contribution in [0.1, 0.15) is 20.8 Å². The second-order valence-corrected chi connectivity index (χ2v) is 7.22. The van der Waals surface area contributed by atoms with Crippen LogP contribution in [0.15, 0.2) is 0 Å². The predicted octanol–water partition coefficient (Wildman–Crippen LogP) is 1.50. The van der Waals surface area contributed by atoms with E-state index in [-0.39, 0.29) is 6.61 Å². The summed E-state index contributed by atoms with van der Waals surface area (Å²) in [6.45, 7) is 3.09. The average molecular weight is 421 g/mol. The average Bonchev–Trinajstić information content (AvgIpc) is 2.42. The number of alkyl halides is 3. The molecule has 0 amide bonds. The maximum absolute atomic E-state index is 11.4. The Morgan fingerprint density at radius 1 is 0.920 bits per heavy atom. The standard InChI is InChI=1S/C13H16Cl3NO8/c1-5(18)22-8-4-21-11(25-12(17)13(14,15)16)10(24-7(3)20)9(8)23-6(2)19/h8-11,17H,4H2,1-3H3/t8-,9+,10+,11+/m0/s1. The highest BCUT2D eigenvalue weighted by atomic mass is 35.6. The maximum Gasteiger partial charge on any atom is 0.303 e. The number of hydrogen-bond donors (Lipinski definition) is 1. The number of nitrogens with one attached hydrogen (secondary N) is 1. The monoisotopic (exact) mass is 419 g/mol. The molecule has 0 bridgehead atoms. The Morgan fingerprint density at radius 2 is 1.40 bits per heavy atom. The van der Waals surface area contributed by atoms with Crippen molar-refractivity contribution in [3.63, 3.8) is 0 Å². The van der Waals surface area contributed by atoms with E-state index in [1.54, 1.807) is 0 Å². The molecule has 0 saturated carbocycles. The second kappa shape index (κ2) is 8.88. The van der Waals surface area contributed by atoms with Gasteiger partial charge in [-0.1, -0.05) is 34.8 Å². The van der Waals surface area contributed by atoms with Crippen LogP contribution >= 0.6 is 34.8 Å². The van der Waals surface area contributed by atoms with Gasteiger partial charge in [-0.15, -0.1) is 0 Å². The zero-order chi connectivity index (χ0) is 19.4. The van der Waals surface area contributed by atoms with Gasteiger partial charge < -0.3 is 23.7 Å². The summed E-state index contributed by atoms with van der Waals surface area (Å²) in [5.74, 6) is -2.95. The van der Waals surface area contributed by atoms with Crippen molar-refractivity contribution < 1.29 is 38.1 Å². The molecule has 1 saturated heterocycles. The lowest BCUT2D eigenvalue weighted by atomic mass is 10.0. The van der Waals surface area contributed by atoms with Gasteiger partial charge in [-0.3, -0.25) is 19.8 Å². The van der Waals surface area contributed by atoms with Crippen molar-refractivity contribution in [1.82, 2.24) is 0 Å². The highest BCUT2D eigenvalue weighted by Gasteiger charge is 2.49. The van der Waals surface area contributed by atoms with E-state index in [4.69, 9.17) is 63.9 Å². The summed E-state index contributed by atoms with van der Waals surface area (Å²) < 4.78 is 23.4. The molecule has 12 heteroatoms. The molecule has 1 aliphatic heterocycles. The van der Waals surface area contributed by atoms with E-state index in [0.29, 0.717) is 0 Å². The Labute approximate surface area is 158 Å². The molecule has 0 aromatic rings. The molecule has 1 aliphatic rings. The van der Waals surface area contributed by atoms with E-state index in [0.717, 1.165) is 20.8 Å². The number of carbonyl (C=O) groups excluding carboxylic acids is 3. The van der Waals surface area contributed by atoms with E-state index in [2.05, 4.69) is 0 Å². The van der Waals surface area contributed by atoms with Crippen LogP contribution in [0, 0.1) is 5.41 Å². The predicted molar refractivity (Wildman–Crippen MR) is 85.5 cm³/mol. The first-order chi connectivity index (χ1) is 11.4. The maximum atomic E-state index is 11.4. The Hall–Kier alpha value is -1.29. The molecule has 0 unspecified atom stereocenters. The first-order valence-corrected chi connectivity index (χ1v) is 8.01. The third kappa shape index (κ3) is 6.85. The molecule has 1 heterocycles. The number of carbonyl (C=O) groups is 3. The largest absolute Gasteiger partial charge is 0.456 e. The van der Waals surface area contributed by atoms with Gasteiger partial charge in [0.05, 0.1) is 6.61 Å². The van der Waals surface area contributed by atoms with Crippen LogP contribution in [-0.2, 0) is 38.1 Å². The van der Waals surface area contributed by atoms with Gasteiger partial charge in [-0.25, -0.2) is 0 Å². The van der Waals surface area contributed by atoms with Gasteiger partial charge in [0.1, 0.15) is 0 Å². The van der Waals surface area contributed by atoms with Crippen LogP contribution in [-0.4, -0.2) is 58.8 Å². The smallest absolute Gasteiger partial charge is 0.303 e. The molecule has 142 valence electrons. The number of ether oxygens (including phenoxy) is 5.